The SMILES string of the molecule is C=CCN1C(=S)NC2CC1(C)Oc1c(Br)cccc12. The molecule has 0 saturated carbocycles. The van der Waals surface area contributed by atoms with Crippen LogP contribution in [0.4, 0.5) is 0 Å². The monoisotopic (exact) mass is 338 g/mol. The van der Waals surface area contributed by atoms with Crippen molar-refractivity contribution in [2.75, 3.05) is 6.54 Å². The summed E-state index contributed by atoms with van der Waals surface area (Å²) in [6.45, 7) is 6.55. The number of nitrogens with one attached hydrogen (secondary N) is 1. The van der Waals surface area contributed by atoms with Gasteiger partial charge in [0.2, 0.25) is 0 Å². The predicted octanol–water partition coefficient (Wildman–Crippen LogP) is 3.37. The Kier molecular flexibility index (Phi) is 3.06. The Bertz CT molecular complexity index is 562. The quantitative estimate of drug-likeness (QED) is 0.660. The van der Waals surface area contributed by atoms with Crippen LogP contribution in [0.5, 0.6) is 5.75 Å². The minimum atomic E-state index is -0.419. The van der Waals surface area contributed by atoms with E-state index in [9.17, 15) is 0 Å². The van der Waals surface area contributed by atoms with E-state index in [2.05, 4.69) is 40.8 Å². The van der Waals surface area contributed by atoms with Crippen LogP contribution in [0.2, 0.25) is 0 Å². The van der Waals surface area contributed by atoms with Crippen LogP contribution in [0.15, 0.2) is 35.3 Å². The standard InChI is InChI=1S/C14H15BrN2OS/c1-3-7-17-13(19)16-11-8-14(17,2)18-12-9(11)5-4-6-10(12)15/h3-6,11H,1,7-8H2,2H3,(H,16,19). The van der Waals surface area contributed by atoms with E-state index >= 15 is 0 Å². The van der Waals surface area contributed by atoms with Crippen LogP contribution in [-0.4, -0.2) is 22.3 Å². The molecular formula is C14H15BrN2OS. The van der Waals surface area contributed by atoms with E-state index in [-0.39, 0.29) is 6.04 Å². The molecule has 19 heavy (non-hydrogen) atoms. The van der Waals surface area contributed by atoms with E-state index in [1.165, 1.54) is 0 Å². The third-order valence-corrected chi connectivity index (χ3v) is 4.67. The molecule has 0 amide bonds. The zero-order valence-electron chi connectivity index (χ0n) is 10.6. The van der Waals surface area contributed by atoms with Gasteiger partial charge in [0, 0.05) is 18.5 Å². The van der Waals surface area contributed by atoms with Gasteiger partial charge in [-0.05, 0) is 41.1 Å². The molecule has 0 spiro atoms. The van der Waals surface area contributed by atoms with E-state index < -0.39 is 5.72 Å². The zero-order valence-corrected chi connectivity index (χ0v) is 13.1. The lowest BCUT2D eigenvalue weighted by molar-refractivity contribution is -0.0636. The van der Waals surface area contributed by atoms with Gasteiger partial charge in [0.1, 0.15) is 5.75 Å². The molecule has 3 nitrogen and oxygen atoms in total. The second-order valence-corrected chi connectivity index (χ2v) is 6.28. The van der Waals surface area contributed by atoms with Crippen molar-refractivity contribution in [3.05, 3.63) is 40.9 Å². The fraction of sp³-hybridized carbons (Fsp3) is 0.357. The lowest BCUT2D eigenvalue weighted by Crippen LogP contribution is -2.64. The first-order valence-electron chi connectivity index (χ1n) is 6.21. The molecule has 1 aromatic carbocycles. The minimum absolute atomic E-state index is 0.208. The topological polar surface area (TPSA) is 24.5 Å². The van der Waals surface area contributed by atoms with Crippen molar-refractivity contribution < 1.29 is 4.74 Å². The summed E-state index contributed by atoms with van der Waals surface area (Å²) in [6.07, 6.45) is 2.71. The summed E-state index contributed by atoms with van der Waals surface area (Å²) in [5.74, 6) is 0.908. The molecule has 2 aliphatic heterocycles. The number of benzene rings is 1. The summed E-state index contributed by atoms with van der Waals surface area (Å²) < 4.78 is 7.24. The highest BCUT2D eigenvalue weighted by atomic mass is 79.9. The number of para-hydroxylation sites is 1. The van der Waals surface area contributed by atoms with Crippen LogP contribution < -0.4 is 10.1 Å². The summed E-state index contributed by atoms with van der Waals surface area (Å²) in [6, 6.07) is 6.32. The highest BCUT2D eigenvalue weighted by molar-refractivity contribution is 9.10. The fourth-order valence-electron chi connectivity index (χ4n) is 2.80. The van der Waals surface area contributed by atoms with E-state index in [0.29, 0.717) is 6.54 Å². The molecule has 1 aromatic rings. The summed E-state index contributed by atoms with van der Waals surface area (Å²) in [4.78, 5) is 2.05. The van der Waals surface area contributed by atoms with Gasteiger partial charge in [-0.3, -0.25) is 0 Å². The number of hydrogen-bond donors (Lipinski definition) is 1. The lowest BCUT2D eigenvalue weighted by Gasteiger charge is -2.52. The Morgan fingerprint density at radius 2 is 2.47 bits per heavy atom. The van der Waals surface area contributed by atoms with Gasteiger partial charge in [-0.1, -0.05) is 18.2 Å². The Hall–Kier alpha value is -1.07. The van der Waals surface area contributed by atoms with Gasteiger partial charge in [-0.2, -0.15) is 0 Å². The van der Waals surface area contributed by atoms with Gasteiger partial charge in [0.25, 0.3) is 0 Å². The van der Waals surface area contributed by atoms with Gasteiger partial charge >= 0.3 is 0 Å². The van der Waals surface area contributed by atoms with Crippen LogP contribution in [-0.2, 0) is 0 Å². The molecule has 0 aliphatic carbocycles. The predicted molar refractivity (Wildman–Crippen MR) is 83.2 cm³/mol. The van der Waals surface area contributed by atoms with Crippen LogP contribution in [0.3, 0.4) is 0 Å². The van der Waals surface area contributed by atoms with Crippen molar-refractivity contribution in [3.8, 4) is 5.75 Å². The lowest BCUT2D eigenvalue weighted by atomic mass is 9.90. The van der Waals surface area contributed by atoms with Crippen LogP contribution in [0, 0.1) is 0 Å². The molecule has 0 radical (unpaired) electrons. The maximum atomic E-state index is 6.26. The van der Waals surface area contributed by atoms with E-state index in [1.54, 1.807) is 0 Å². The summed E-state index contributed by atoms with van der Waals surface area (Å²) >= 11 is 9.02. The third-order valence-electron chi connectivity index (χ3n) is 3.70. The van der Waals surface area contributed by atoms with E-state index in [4.69, 9.17) is 17.0 Å². The summed E-state index contributed by atoms with van der Waals surface area (Å²) in [5, 5.41) is 4.13. The molecule has 1 saturated heterocycles. The number of nitrogens with zero attached hydrogens (tertiary/aromatic N) is 1. The molecule has 2 aliphatic rings. The third kappa shape index (κ3) is 1.96. The number of halogens is 1. The number of rotatable bonds is 2. The molecule has 1 fully saturated rings. The zero-order chi connectivity index (χ0) is 13.6. The average molecular weight is 339 g/mol. The van der Waals surface area contributed by atoms with E-state index in [0.717, 1.165) is 27.3 Å². The van der Waals surface area contributed by atoms with Crippen LogP contribution in [0.25, 0.3) is 0 Å². The second kappa shape index (κ2) is 4.49. The summed E-state index contributed by atoms with van der Waals surface area (Å²) in [5.41, 5.74) is 0.741. The van der Waals surface area contributed by atoms with Crippen molar-refractivity contribution in [1.29, 1.82) is 0 Å². The Balaban J connectivity index is 2.08. The number of thiocarbonyl (C=S) groups is 1. The van der Waals surface area contributed by atoms with Gasteiger partial charge in [0.05, 0.1) is 10.5 Å². The first kappa shape index (κ1) is 12.9. The van der Waals surface area contributed by atoms with E-state index in [1.807, 2.05) is 23.1 Å². The normalized spacial score (nSPS) is 28.2. The Morgan fingerprint density at radius 1 is 1.68 bits per heavy atom. The van der Waals surface area contributed by atoms with Gasteiger partial charge < -0.3 is 15.0 Å². The molecule has 2 bridgehead atoms. The minimum Gasteiger partial charge on any atom is -0.467 e. The van der Waals surface area contributed by atoms with Crippen molar-refractivity contribution in [2.45, 2.75) is 25.1 Å². The van der Waals surface area contributed by atoms with Gasteiger partial charge in [-0.15, -0.1) is 6.58 Å². The fourth-order valence-corrected chi connectivity index (χ4v) is 3.67. The maximum Gasteiger partial charge on any atom is 0.184 e. The smallest absolute Gasteiger partial charge is 0.184 e. The highest BCUT2D eigenvalue weighted by Gasteiger charge is 2.47. The second-order valence-electron chi connectivity index (χ2n) is 5.04. The van der Waals surface area contributed by atoms with Gasteiger partial charge in [0.15, 0.2) is 10.8 Å². The largest absolute Gasteiger partial charge is 0.467 e. The summed E-state index contributed by atoms with van der Waals surface area (Å²) in [7, 11) is 0. The van der Waals surface area contributed by atoms with Crippen LogP contribution >= 0.6 is 28.1 Å². The molecule has 100 valence electrons. The number of ether oxygens (including phenoxy) is 1. The number of hydrogen-bond acceptors (Lipinski definition) is 2. The Morgan fingerprint density at radius 3 is 3.21 bits per heavy atom. The average Bonchev–Trinajstić information content (AvgIpc) is 2.36. The van der Waals surface area contributed by atoms with Crippen LogP contribution in [0.1, 0.15) is 24.9 Å². The molecule has 2 unspecified atom stereocenters. The maximum absolute atomic E-state index is 6.26. The first-order chi connectivity index (χ1) is 9.05. The van der Waals surface area contributed by atoms with Gasteiger partial charge in [-0.25, -0.2) is 0 Å². The first-order valence-corrected chi connectivity index (χ1v) is 7.42. The highest BCUT2D eigenvalue weighted by Crippen LogP contribution is 2.46. The van der Waals surface area contributed by atoms with Crippen molar-refractivity contribution in [2.24, 2.45) is 0 Å². The molecule has 0 aromatic heterocycles. The molecule has 2 atom stereocenters. The van der Waals surface area contributed by atoms with Crippen molar-refractivity contribution in [1.82, 2.24) is 10.2 Å². The Labute approximate surface area is 126 Å². The molecule has 3 rings (SSSR count). The molecule has 2 heterocycles. The molecule has 5 heteroatoms. The molecule has 1 N–H and O–H groups in total. The number of fused-ring (bicyclic) bond motifs is 4. The molecular weight excluding hydrogens is 324 g/mol. The van der Waals surface area contributed by atoms with Crippen molar-refractivity contribution in [3.63, 3.8) is 0 Å². The van der Waals surface area contributed by atoms with Crippen molar-refractivity contribution >= 4 is 33.3 Å².